The zero-order valence-electron chi connectivity index (χ0n) is 13.2. The summed E-state index contributed by atoms with van der Waals surface area (Å²) in [6.07, 6.45) is 2.05. The summed E-state index contributed by atoms with van der Waals surface area (Å²) in [5.41, 5.74) is 2.33. The van der Waals surface area contributed by atoms with Crippen LogP contribution in [0.3, 0.4) is 0 Å². The predicted octanol–water partition coefficient (Wildman–Crippen LogP) is 3.23. The molecule has 0 fully saturated rings. The number of nitrogens with zero attached hydrogens (tertiary/aromatic N) is 2. The molecule has 114 valence electrons. The summed E-state index contributed by atoms with van der Waals surface area (Å²) in [5, 5.41) is 7.97. The molecule has 0 atom stereocenters. The molecule has 1 heterocycles. The molecule has 2 rings (SSSR count). The second-order valence-electron chi connectivity index (χ2n) is 5.60. The molecular formula is C17H25N3O. The highest BCUT2D eigenvalue weighted by Crippen LogP contribution is 2.12. The highest BCUT2D eigenvalue weighted by molar-refractivity contribution is 5.27. The first-order chi connectivity index (χ1) is 10.2. The lowest BCUT2D eigenvalue weighted by Gasteiger charge is -2.06. The molecule has 4 nitrogen and oxygen atoms in total. The quantitative estimate of drug-likeness (QED) is 0.810. The molecule has 2 aromatic rings. The van der Waals surface area contributed by atoms with Crippen LogP contribution < -0.4 is 10.1 Å². The fraction of sp³-hybridized carbons (Fsp3) is 0.471. The molecule has 0 unspecified atom stereocenters. The Hall–Kier alpha value is -1.81. The van der Waals surface area contributed by atoms with Crippen molar-refractivity contribution in [3.63, 3.8) is 0 Å². The Kier molecular flexibility index (Phi) is 5.81. The van der Waals surface area contributed by atoms with Crippen LogP contribution >= 0.6 is 0 Å². The van der Waals surface area contributed by atoms with E-state index in [1.165, 1.54) is 5.56 Å². The van der Waals surface area contributed by atoms with E-state index in [9.17, 15) is 0 Å². The van der Waals surface area contributed by atoms with Crippen LogP contribution in [-0.4, -0.2) is 16.4 Å². The molecule has 1 N–H and O–H groups in total. The van der Waals surface area contributed by atoms with Crippen molar-refractivity contribution in [2.45, 2.75) is 40.4 Å². The lowest BCUT2D eigenvalue weighted by Crippen LogP contribution is -2.14. The number of hydrogen-bond donors (Lipinski definition) is 1. The van der Waals surface area contributed by atoms with Crippen LogP contribution in [0.4, 0.5) is 0 Å². The average Bonchev–Trinajstić information content (AvgIpc) is 2.88. The Morgan fingerprint density at radius 2 is 1.90 bits per heavy atom. The van der Waals surface area contributed by atoms with Crippen LogP contribution in [0.25, 0.3) is 0 Å². The standard InChI is InChI=1S/C17H25N3O/c1-4-21-17-7-5-15(6-8-17)11-18-12-16-9-10-20(19-16)13-14(2)3/h5-10,14,18H,4,11-13H2,1-3H3. The minimum absolute atomic E-state index is 0.620. The molecule has 0 radical (unpaired) electrons. The number of benzene rings is 1. The molecule has 4 heteroatoms. The third-order valence-electron chi connectivity index (χ3n) is 3.12. The van der Waals surface area contributed by atoms with Gasteiger partial charge in [0.15, 0.2) is 0 Å². The van der Waals surface area contributed by atoms with E-state index in [0.717, 1.165) is 31.1 Å². The number of ether oxygens (including phenoxy) is 1. The lowest BCUT2D eigenvalue weighted by molar-refractivity contribution is 0.340. The van der Waals surface area contributed by atoms with Crippen molar-refractivity contribution >= 4 is 0 Å². The molecule has 1 aromatic heterocycles. The maximum absolute atomic E-state index is 5.44. The summed E-state index contributed by atoms with van der Waals surface area (Å²) in [7, 11) is 0. The van der Waals surface area contributed by atoms with E-state index in [-0.39, 0.29) is 0 Å². The van der Waals surface area contributed by atoms with Gasteiger partial charge < -0.3 is 10.1 Å². The Labute approximate surface area is 127 Å². The molecule has 1 aromatic carbocycles. The molecule has 21 heavy (non-hydrogen) atoms. The van der Waals surface area contributed by atoms with Crippen LogP contribution in [0, 0.1) is 5.92 Å². The molecule has 0 aliphatic carbocycles. The number of hydrogen-bond acceptors (Lipinski definition) is 3. The monoisotopic (exact) mass is 287 g/mol. The summed E-state index contributed by atoms with van der Waals surface area (Å²) in [6, 6.07) is 10.3. The molecule has 0 aliphatic rings. The second kappa shape index (κ2) is 7.84. The average molecular weight is 287 g/mol. The van der Waals surface area contributed by atoms with Gasteiger partial charge in [0.2, 0.25) is 0 Å². The van der Waals surface area contributed by atoms with E-state index in [2.05, 4.69) is 42.5 Å². The summed E-state index contributed by atoms with van der Waals surface area (Å²) >= 11 is 0. The van der Waals surface area contributed by atoms with Gasteiger partial charge in [-0.15, -0.1) is 0 Å². The molecular weight excluding hydrogens is 262 g/mol. The van der Waals surface area contributed by atoms with E-state index in [1.807, 2.05) is 29.9 Å². The Bertz CT molecular complexity index is 531. The molecule has 0 bridgehead atoms. The Morgan fingerprint density at radius 3 is 2.57 bits per heavy atom. The summed E-state index contributed by atoms with van der Waals surface area (Å²) in [4.78, 5) is 0. The van der Waals surface area contributed by atoms with Gasteiger partial charge in [0.1, 0.15) is 5.75 Å². The van der Waals surface area contributed by atoms with Gasteiger partial charge in [0, 0.05) is 25.8 Å². The van der Waals surface area contributed by atoms with E-state index in [0.29, 0.717) is 12.5 Å². The van der Waals surface area contributed by atoms with Crippen molar-refractivity contribution in [3.05, 3.63) is 47.8 Å². The minimum Gasteiger partial charge on any atom is -0.494 e. The van der Waals surface area contributed by atoms with Gasteiger partial charge in [0.05, 0.1) is 12.3 Å². The van der Waals surface area contributed by atoms with Gasteiger partial charge in [-0.25, -0.2) is 0 Å². The number of nitrogens with one attached hydrogen (secondary N) is 1. The van der Waals surface area contributed by atoms with Crippen molar-refractivity contribution < 1.29 is 4.74 Å². The fourth-order valence-electron chi connectivity index (χ4n) is 2.18. The SMILES string of the molecule is CCOc1ccc(CNCc2ccn(CC(C)C)n2)cc1. The summed E-state index contributed by atoms with van der Waals surface area (Å²) in [6.45, 7) is 9.70. The Morgan fingerprint density at radius 1 is 1.14 bits per heavy atom. The number of aromatic nitrogens is 2. The van der Waals surface area contributed by atoms with Crippen molar-refractivity contribution in [3.8, 4) is 5.75 Å². The highest BCUT2D eigenvalue weighted by atomic mass is 16.5. The van der Waals surface area contributed by atoms with Crippen LogP contribution in [-0.2, 0) is 19.6 Å². The molecule has 0 amide bonds. The van der Waals surface area contributed by atoms with Gasteiger partial charge in [-0.1, -0.05) is 26.0 Å². The van der Waals surface area contributed by atoms with Crippen LogP contribution in [0.1, 0.15) is 32.0 Å². The maximum Gasteiger partial charge on any atom is 0.119 e. The van der Waals surface area contributed by atoms with E-state index in [1.54, 1.807) is 0 Å². The van der Waals surface area contributed by atoms with Crippen molar-refractivity contribution in [2.75, 3.05) is 6.61 Å². The normalized spacial score (nSPS) is 11.0. The first kappa shape index (κ1) is 15.6. The molecule has 0 saturated carbocycles. The summed E-state index contributed by atoms with van der Waals surface area (Å²) in [5.74, 6) is 1.54. The minimum atomic E-state index is 0.620. The van der Waals surface area contributed by atoms with Crippen LogP contribution in [0.15, 0.2) is 36.5 Å². The zero-order valence-corrected chi connectivity index (χ0v) is 13.2. The Balaban J connectivity index is 1.77. The third-order valence-corrected chi connectivity index (χ3v) is 3.12. The van der Waals surface area contributed by atoms with Gasteiger partial charge in [-0.05, 0) is 36.6 Å². The molecule has 0 saturated heterocycles. The largest absolute Gasteiger partial charge is 0.494 e. The number of rotatable bonds is 8. The first-order valence-electron chi connectivity index (χ1n) is 7.62. The van der Waals surface area contributed by atoms with Crippen molar-refractivity contribution in [1.82, 2.24) is 15.1 Å². The molecule has 0 aliphatic heterocycles. The first-order valence-corrected chi connectivity index (χ1v) is 7.62. The zero-order chi connectivity index (χ0) is 15.1. The van der Waals surface area contributed by atoms with E-state index in [4.69, 9.17) is 4.74 Å². The predicted molar refractivity (Wildman–Crippen MR) is 85.2 cm³/mol. The van der Waals surface area contributed by atoms with E-state index < -0.39 is 0 Å². The van der Waals surface area contributed by atoms with E-state index >= 15 is 0 Å². The van der Waals surface area contributed by atoms with Crippen LogP contribution in [0.5, 0.6) is 5.75 Å². The van der Waals surface area contributed by atoms with Gasteiger partial charge in [-0.3, -0.25) is 4.68 Å². The van der Waals surface area contributed by atoms with Crippen molar-refractivity contribution in [2.24, 2.45) is 5.92 Å². The lowest BCUT2D eigenvalue weighted by atomic mass is 10.2. The fourth-order valence-corrected chi connectivity index (χ4v) is 2.18. The van der Waals surface area contributed by atoms with Gasteiger partial charge in [0.25, 0.3) is 0 Å². The van der Waals surface area contributed by atoms with Crippen LogP contribution in [0.2, 0.25) is 0 Å². The highest BCUT2D eigenvalue weighted by Gasteiger charge is 2.01. The third kappa shape index (κ3) is 5.23. The summed E-state index contributed by atoms with van der Waals surface area (Å²) < 4.78 is 7.45. The molecule has 0 spiro atoms. The smallest absolute Gasteiger partial charge is 0.119 e. The van der Waals surface area contributed by atoms with Gasteiger partial charge in [-0.2, -0.15) is 5.10 Å². The van der Waals surface area contributed by atoms with Gasteiger partial charge >= 0.3 is 0 Å². The second-order valence-corrected chi connectivity index (χ2v) is 5.60. The van der Waals surface area contributed by atoms with Crippen molar-refractivity contribution in [1.29, 1.82) is 0 Å². The maximum atomic E-state index is 5.44. The topological polar surface area (TPSA) is 39.1 Å².